The van der Waals surface area contributed by atoms with E-state index in [-0.39, 0.29) is 17.2 Å². The zero-order valence-electron chi connectivity index (χ0n) is 18.5. The molecule has 0 saturated carbocycles. The molecule has 32 heavy (non-hydrogen) atoms. The molecular formula is C22H30N2O8. The number of phenolic OH excluding ortho intramolecular Hbond substituents is 1. The Bertz CT molecular complexity index is 858. The summed E-state index contributed by atoms with van der Waals surface area (Å²) in [6, 6.07) is 2.74. The molecule has 4 N–H and O–H groups in total. The summed E-state index contributed by atoms with van der Waals surface area (Å²) in [5, 5.41) is 25.5. The molecule has 1 aromatic carbocycles. The Hall–Kier alpha value is -3.14. The summed E-state index contributed by atoms with van der Waals surface area (Å²) in [7, 11) is 0. The van der Waals surface area contributed by atoms with Crippen molar-refractivity contribution in [2.75, 3.05) is 5.32 Å². The molecule has 0 radical (unpaired) electrons. The van der Waals surface area contributed by atoms with Gasteiger partial charge in [0.15, 0.2) is 11.8 Å². The van der Waals surface area contributed by atoms with Crippen LogP contribution in [0.1, 0.15) is 50.9 Å². The first kappa shape index (κ1) is 25.1. The van der Waals surface area contributed by atoms with Crippen LogP contribution in [0.3, 0.4) is 0 Å². The molecule has 1 aliphatic rings. The SMILES string of the molecule is CCC(C)CC1C(=O)OC(C)C(NC(=O)c2cccc(NC=O)c2O)C(=O)OC(C)C1O. The summed E-state index contributed by atoms with van der Waals surface area (Å²) in [4.78, 5) is 48.9. The molecule has 176 valence electrons. The first-order valence-electron chi connectivity index (χ1n) is 10.5. The molecule has 1 saturated heterocycles. The Kier molecular flexibility index (Phi) is 8.59. The van der Waals surface area contributed by atoms with Crippen molar-refractivity contribution >= 4 is 29.9 Å². The number of cyclic esters (lactones) is 2. The van der Waals surface area contributed by atoms with E-state index in [0.29, 0.717) is 12.8 Å². The van der Waals surface area contributed by atoms with Gasteiger partial charge in [0.1, 0.15) is 18.3 Å². The third kappa shape index (κ3) is 5.76. The quantitative estimate of drug-likeness (QED) is 0.276. The fourth-order valence-corrected chi connectivity index (χ4v) is 3.46. The number of aliphatic hydroxyl groups is 1. The normalized spacial score (nSPS) is 27.1. The lowest BCUT2D eigenvalue weighted by Gasteiger charge is -2.26. The lowest BCUT2D eigenvalue weighted by molar-refractivity contribution is -0.160. The zero-order valence-corrected chi connectivity index (χ0v) is 18.5. The van der Waals surface area contributed by atoms with Gasteiger partial charge in [0.05, 0.1) is 17.2 Å². The van der Waals surface area contributed by atoms with Gasteiger partial charge >= 0.3 is 11.9 Å². The maximum absolute atomic E-state index is 12.8. The van der Waals surface area contributed by atoms with Gasteiger partial charge in [0.2, 0.25) is 6.41 Å². The Morgan fingerprint density at radius 3 is 2.47 bits per heavy atom. The second-order valence-electron chi connectivity index (χ2n) is 8.05. The van der Waals surface area contributed by atoms with Crippen LogP contribution in [0.2, 0.25) is 0 Å². The van der Waals surface area contributed by atoms with E-state index in [1.807, 2.05) is 13.8 Å². The largest absolute Gasteiger partial charge is 0.505 e. The Morgan fingerprint density at radius 2 is 1.84 bits per heavy atom. The van der Waals surface area contributed by atoms with E-state index < -0.39 is 53.9 Å². The molecule has 10 heteroatoms. The summed E-state index contributed by atoms with van der Waals surface area (Å²) in [5.41, 5.74) is -0.195. The lowest BCUT2D eigenvalue weighted by atomic mass is 9.88. The van der Waals surface area contributed by atoms with Crippen LogP contribution in [-0.4, -0.2) is 58.8 Å². The standard InChI is InChI=1S/C22H30N2O8/c1-5-11(2)9-15-18(26)13(4)32-22(30)17(12(3)31-21(15)29)24-20(28)14-7-6-8-16(19(14)27)23-10-25/h6-8,10-13,15,17-18,26-27H,5,9H2,1-4H3,(H,23,25)(H,24,28). The number of benzene rings is 1. The number of hydrogen-bond acceptors (Lipinski definition) is 8. The number of aliphatic hydroxyl groups excluding tert-OH is 1. The van der Waals surface area contributed by atoms with Gasteiger partial charge in [0.25, 0.3) is 5.91 Å². The van der Waals surface area contributed by atoms with Crippen LogP contribution in [0.5, 0.6) is 5.75 Å². The Labute approximate surface area is 186 Å². The van der Waals surface area contributed by atoms with Crippen molar-refractivity contribution in [1.29, 1.82) is 0 Å². The molecule has 10 nitrogen and oxygen atoms in total. The number of anilines is 1. The summed E-state index contributed by atoms with van der Waals surface area (Å²) >= 11 is 0. The predicted molar refractivity (Wildman–Crippen MR) is 114 cm³/mol. The van der Waals surface area contributed by atoms with Crippen molar-refractivity contribution in [2.45, 2.75) is 64.9 Å². The minimum atomic E-state index is -1.38. The van der Waals surface area contributed by atoms with Crippen LogP contribution >= 0.6 is 0 Å². The van der Waals surface area contributed by atoms with Gasteiger partial charge in [-0.3, -0.25) is 14.4 Å². The van der Waals surface area contributed by atoms with Crippen molar-refractivity contribution in [3.63, 3.8) is 0 Å². The zero-order chi connectivity index (χ0) is 24.0. The van der Waals surface area contributed by atoms with Crippen LogP contribution in [0, 0.1) is 11.8 Å². The van der Waals surface area contributed by atoms with Gasteiger partial charge in [0, 0.05) is 0 Å². The smallest absolute Gasteiger partial charge is 0.332 e. The minimum Gasteiger partial charge on any atom is -0.505 e. The molecule has 1 aromatic rings. The number of hydrogen-bond donors (Lipinski definition) is 4. The summed E-state index contributed by atoms with van der Waals surface area (Å²) < 4.78 is 10.8. The molecule has 6 atom stereocenters. The van der Waals surface area contributed by atoms with E-state index in [2.05, 4.69) is 10.6 Å². The predicted octanol–water partition coefficient (Wildman–Crippen LogP) is 1.35. The van der Waals surface area contributed by atoms with E-state index in [1.165, 1.54) is 32.0 Å². The average Bonchev–Trinajstić information content (AvgIpc) is 2.77. The molecule has 2 amide bonds. The molecule has 1 heterocycles. The molecule has 6 unspecified atom stereocenters. The molecule has 1 fully saturated rings. The molecule has 1 aliphatic heterocycles. The molecule has 0 aliphatic carbocycles. The van der Waals surface area contributed by atoms with Gasteiger partial charge in [-0.1, -0.05) is 26.3 Å². The topological polar surface area (TPSA) is 151 Å². The van der Waals surface area contributed by atoms with Gasteiger partial charge in [-0.05, 0) is 38.3 Å². The highest BCUT2D eigenvalue weighted by atomic mass is 16.6. The number of ether oxygens (including phenoxy) is 2. The van der Waals surface area contributed by atoms with Crippen molar-refractivity contribution in [3.05, 3.63) is 23.8 Å². The number of carbonyl (C=O) groups excluding carboxylic acids is 4. The first-order valence-corrected chi connectivity index (χ1v) is 10.5. The van der Waals surface area contributed by atoms with Crippen molar-refractivity contribution < 1.29 is 38.9 Å². The number of amides is 2. The third-order valence-corrected chi connectivity index (χ3v) is 5.66. The molecular weight excluding hydrogens is 420 g/mol. The van der Waals surface area contributed by atoms with Crippen molar-refractivity contribution in [3.8, 4) is 5.75 Å². The number of nitrogens with one attached hydrogen (secondary N) is 2. The van der Waals surface area contributed by atoms with Gasteiger partial charge in [-0.15, -0.1) is 0 Å². The van der Waals surface area contributed by atoms with Gasteiger partial charge < -0.3 is 30.3 Å². The maximum Gasteiger partial charge on any atom is 0.332 e. The van der Waals surface area contributed by atoms with Crippen LogP contribution in [0.15, 0.2) is 18.2 Å². The lowest BCUT2D eigenvalue weighted by Crippen LogP contribution is -2.50. The number of rotatable bonds is 7. The Morgan fingerprint density at radius 1 is 1.19 bits per heavy atom. The molecule has 0 aromatic heterocycles. The van der Waals surface area contributed by atoms with Crippen molar-refractivity contribution in [2.24, 2.45) is 11.8 Å². The third-order valence-electron chi connectivity index (χ3n) is 5.66. The summed E-state index contributed by atoms with van der Waals surface area (Å²) in [5.74, 6) is -3.67. The Balaban J connectivity index is 2.28. The van der Waals surface area contributed by atoms with Crippen LogP contribution in [0.25, 0.3) is 0 Å². The monoisotopic (exact) mass is 450 g/mol. The highest BCUT2D eigenvalue weighted by Crippen LogP contribution is 2.28. The van der Waals surface area contributed by atoms with Crippen LogP contribution < -0.4 is 10.6 Å². The highest BCUT2D eigenvalue weighted by Gasteiger charge is 2.41. The molecule has 0 bridgehead atoms. The molecule has 2 rings (SSSR count). The number of phenols is 1. The molecule has 0 spiro atoms. The van der Waals surface area contributed by atoms with E-state index in [1.54, 1.807) is 0 Å². The number of para-hydroxylation sites is 1. The second-order valence-corrected chi connectivity index (χ2v) is 8.05. The summed E-state index contributed by atoms with van der Waals surface area (Å²) in [6.07, 6.45) is -1.89. The number of esters is 2. The van der Waals surface area contributed by atoms with Crippen molar-refractivity contribution in [1.82, 2.24) is 5.32 Å². The van der Waals surface area contributed by atoms with Gasteiger partial charge in [-0.2, -0.15) is 0 Å². The van der Waals surface area contributed by atoms with E-state index >= 15 is 0 Å². The maximum atomic E-state index is 12.8. The van der Waals surface area contributed by atoms with E-state index in [9.17, 15) is 29.4 Å². The number of aromatic hydroxyl groups is 1. The fourth-order valence-electron chi connectivity index (χ4n) is 3.46. The fraction of sp³-hybridized carbons (Fsp3) is 0.545. The average molecular weight is 450 g/mol. The van der Waals surface area contributed by atoms with Gasteiger partial charge in [-0.25, -0.2) is 4.79 Å². The summed E-state index contributed by atoms with van der Waals surface area (Å²) in [6.45, 7) is 6.80. The minimum absolute atomic E-state index is 0.00815. The van der Waals surface area contributed by atoms with Crippen LogP contribution in [0.4, 0.5) is 5.69 Å². The first-order chi connectivity index (χ1) is 15.1. The van der Waals surface area contributed by atoms with Crippen LogP contribution in [-0.2, 0) is 23.9 Å². The van der Waals surface area contributed by atoms with E-state index in [4.69, 9.17) is 9.47 Å². The second kappa shape index (κ2) is 10.9. The highest BCUT2D eigenvalue weighted by molar-refractivity contribution is 6.01. The van der Waals surface area contributed by atoms with E-state index in [0.717, 1.165) is 6.42 Å². The number of carbonyl (C=O) groups is 4.